The lowest BCUT2D eigenvalue weighted by molar-refractivity contribution is -0.145. The molecule has 0 amide bonds. The molecule has 0 aromatic heterocycles. The summed E-state index contributed by atoms with van der Waals surface area (Å²) in [5, 5.41) is 8.03. The van der Waals surface area contributed by atoms with Gasteiger partial charge in [-0.15, -0.1) is 6.58 Å². The van der Waals surface area contributed by atoms with Gasteiger partial charge in [0.2, 0.25) is 5.78 Å². The monoisotopic (exact) mass is 150 g/mol. The first kappa shape index (κ1) is 9.23. The summed E-state index contributed by atoms with van der Waals surface area (Å²) in [4.78, 5) is 10.2. The number of hydrogen-bond donors (Lipinski definition) is 1. The van der Waals surface area contributed by atoms with E-state index in [-0.39, 0.29) is 0 Å². The number of allylic oxidation sites excluding steroid dienone is 1. The van der Waals surface area contributed by atoms with Gasteiger partial charge in [-0.05, 0) is 0 Å². The lowest BCUT2D eigenvalue weighted by Gasteiger charge is -2.09. The Morgan fingerprint density at radius 2 is 2.20 bits per heavy atom. The van der Waals surface area contributed by atoms with Gasteiger partial charge in [-0.1, -0.05) is 6.08 Å². The van der Waals surface area contributed by atoms with Crippen molar-refractivity contribution in [2.75, 3.05) is 6.61 Å². The summed E-state index contributed by atoms with van der Waals surface area (Å²) in [5.74, 6) is -4.91. The number of carbonyl (C=O) groups excluding carboxylic acids is 1. The number of rotatable bonds is 4. The molecule has 0 spiro atoms. The van der Waals surface area contributed by atoms with Gasteiger partial charge in [0.1, 0.15) is 6.61 Å². The predicted molar refractivity (Wildman–Crippen MR) is 31.9 cm³/mol. The minimum Gasteiger partial charge on any atom is -0.388 e. The van der Waals surface area contributed by atoms with Crippen molar-refractivity contribution in [3.8, 4) is 0 Å². The standard InChI is InChI=1S/C6H8F2O2/c1-2-3-6(7,8)5(10)4-9/h2,9H,1,3-4H2. The van der Waals surface area contributed by atoms with Crippen LogP contribution in [-0.4, -0.2) is 23.4 Å². The van der Waals surface area contributed by atoms with Crippen LogP contribution in [-0.2, 0) is 4.79 Å². The lowest BCUT2D eigenvalue weighted by atomic mass is 10.1. The van der Waals surface area contributed by atoms with Crippen molar-refractivity contribution in [3.05, 3.63) is 12.7 Å². The Morgan fingerprint density at radius 3 is 2.50 bits per heavy atom. The Kier molecular flexibility index (Phi) is 3.15. The SMILES string of the molecule is C=CCC(F)(F)C(=O)CO. The molecule has 0 atom stereocenters. The molecule has 0 aromatic rings. The Balaban J connectivity index is 4.08. The molecule has 58 valence electrons. The van der Waals surface area contributed by atoms with E-state index in [1.165, 1.54) is 0 Å². The minimum absolute atomic E-state index is 0.716. The zero-order valence-corrected chi connectivity index (χ0v) is 5.31. The molecule has 2 nitrogen and oxygen atoms in total. The Morgan fingerprint density at radius 1 is 1.70 bits per heavy atom. The lowest BCUT2D eigenvalue weighted by Crippen LogP contribution is -2.30. The number of alkyl halides is 2. The topological polar surface area (TPSA) is 37.3 Å². The first-order valence-electron chi connectivity index (χ1n) is 2.67. The number of halogens is 2. The summed E-state index contributed by atoms with van der Waals surface area (Å²) in [6.45, 7) is 1.92. The quantitative estimate of drug-likeness (QED) is 0.600. The van der Waals surface area contributed by atoms with Crippen LogP contribution in [0, 0.1) is 0 Å². The third-order valence-electron chi connectivity index (χ3n) is 0.952. The van der Waals surface area contributed by atoms with Crippen molar-refractivity contribution in [1.82, 2.24) is 0 Å². The highest BCUT2D eigenvalue weighted by Crippen LogP contribution is 2.19. The summed E-state index contributed by atoms with van der Waals surface area (Å²) in [5.41, 5.74) is 0. The van der Waals surface area contributed by atoms with E-state index in [0.717, 1.165) is 6.08 Å². The highest BCUT2D eigenvalue weighted by Gasteiger charge is 2.35. The fraction of sp³-hybridized carbons (Fsp3) is 0.500. The average molecular weight is 150 g/mol. The Bertz CT molecular complexity index is 143. The van der Waals surface area contributed by atoms with Gasteiger partial charge in [-0.3, -0.25) is 4.79 Å². The van der Waals surface area contributed by atoms with Crippen LogP contribution in [0.25, 0.3) is 0 Å². The number of carbonyl (C=O) groups is 1. The molecule has 0 aromatic carbocycles. The Hall–Kier alpha value is -0.770. The predicted octanol–water partition coefficient (Wildman–Crippen LogP) is 0.759. The first-order chi connectivity index (χ1) is 4.54. The van der Waals surface area contributed by atoms with Crippen molar-refractivity contribution < 1.29 is 18.7 Å². The highest BCUT2D eigenvalue weighted by atomic mass is 19.3. The molecule has 10 heavy (non-hydrogen) atoms. The van der Waals surface area contributed by atoms with E-state index in [0.29, 0.717) is 0 Å². The molecule has 0 saturated heterocycles. The maximum atomic E-state index is 12.2. The van der Waals surface area contributed by atoms with Gasteiger partial charge in [0.25, 0.3) is 0 Å². The smallest absolute Gasteiger partial charge is 0.310 e. The molecule has 0 fully saturated rings. The molecule has 0 aliphatic heterocycles. The van der Waals surface area contributed by atoms with Crippen molar-refractivity contribution in [3.63, 3.8) is 0 Å². The van der Waals surface area contributed by atoms with Gasteiger partial charge in [0, 0.05) is 6.42 Å². The van der Waals surface area contributed by atoms with Gasteiger partial charge in [0.05, 0.1) is 0 Å². The van der Waals surface area contributed by atoms with Gasteiger partial charge >= 0.3 is 5.92 Å². The second kappa shape index (κ2) is 3.41. The fourth-order valence-corrected chi connectivity index (χ4v) is 0.411. The van der Waals surface area contributed by atoms with E-state index >= 15 is 0 Å². The zero-order chi connectivity index (χ0) is 8.20. The number of aliphatic hydroxyl groups is 1. The van der Waals surface area contributed by atoms with Crippen molar-refractivity contribution in [2.24, 2.45) is 0 Å². The second-order valence-corrected chi connectivity index (χ2v) is 1.78. The number of hydrogen-bond acceptors (Lipinski definition) is 2. The van der Waals surface area contributed by atoms with Crippen LogP contribution >= 0.6 is 0 Å². The summed E-state index contributed by atoms with van der Waals surface area (Å²) in [6, 6.07) is 0. The first-order valence-corrected chi connectivity index (χ1v) is 2.67. The zero-order valence-electron chi connectivity index (χ0n) is 5.31. The summed E-state index contributed by atoms with van der Waals surface area (Å²) >= 11 is 0. The second-order valence-electron chi connectivity index (χ2n) is 1.78. The molecule has 4 heteroatoms. The van der Waals surface area contributed by atoms with Gasteiger partial charge in [-0.2, -0.15) is 8.78 Å². The fourth-order valence-electron chi connectivity index (χ4n) is 0.411. The molecule has 0 aliphatic carbocycles. The number of aliphatic hydroxyl groups excluding tert-OH is 1. The summed E-state index contributed by atoms with van der Waals surface area (Å²) in [7, 11) is 0. The van der Waals surface area contributed by atoms with Crippen molar-refractivity contribution >= 4 is 5.78 Å². The van der Waals surface area contributed by atoms with Crippen LogP contribution in [0.3, 0.4) is 0 Å². The highest BCUT2D eigenvalue weighted by molar-refractivity contribution is 5.86. The van der Waals surface area contributed by atoms with Crippen LogP contribution in [0.1, 0.15) is 6.42 Å². The van der Waals surface area contributed by atoms with E-state index in [1.54, 1.807) is 0 Å². The largest absolute Gasteiger partial charge is 0.388 e. The maximum Gasteiger partial charge on any atom is 0.310 e. The molecule has 0 saturated carbocycles. The molecule has 0 unspecified atom stereocenters. The molecule has 0 bridgehead atoms. The van der Waals surface area contributed by atoms with Crippen molar-refractivity contribution in [1.29, 1.82) is 0 Å². The molecule has 0 rings (SSSR count). The van der Waals surface area contributed by atoms with Gasteiger partial charge in [0.15, 0.2) is 0 Å². The third-order valence-corrected chi connectivity index (χ3v) is 0.952. The molecular weight excluding hydrogens is 142 g/mol. The molecular formula is C6H8F2O2. The normalized spacial score (nSPS) is 11.1. The van der Waals surface area contributed by atoms with Gasteiger partial charge in [-0.25, -0.2) is 0 Å². The van der Waals surface area contributed by atoms with Crippen LogP contribution in [0.15, 0.2) is 12.7 Å². The van der Waals surface area contributed by atoms with Crippen LogP contribution in [0.4, 0.5) is 8.78 Å². The number of Topliss-reactive ketones (excluding diaryl/α,β-unsaturated/α-hetero) is 1. The molecule has 1 N–H and O–H groups in total. The summed E-state index contributed by atoms with van der Waals surface area (Å²) in [6.07, 6.45) is 0.222. The van der Waals surface area contributed by atoms with Crippen LogP contribution in [0.5, 0.6) is 0 Å². The van der Waals surface area contributed by atoms with E-state index < -0.39 is 24.7 Å². The molecule has 0 heterocycles. The molecule has 0 aliphatic rings. The average Bonchev–Trinajstić information content (AvgIpc) is 1.86. The maximum absolute atomic E-state index is 12.2. The van der Waals surface area contributed by atoms with E-state index in [4.69, 9.17) is 5.11 Å². The van der Waals surface area contributed by atoms with E-state index in [9.17, 15) is 13.6 Å². The summed E-state index contributed by atoms with van der Waals surface area (Å²) < 4.78 is 24.5. The van der Waals surface area contributed by atoms with Crippen LogP contribution in [0.2, 0.25) is 0 Å². The van der Waals surface area contributed by atoms with Crippen molar-refractivity contribution in [2.45, 2.75) is 12.3 Å². The van der Waals surface area contributed by atoms with Crippen LogP contribution < -0.4 is 0 Å². The Labute approximate surface area is 57.2 Å². The molecule has 0 radical (unpaired) electrons. The van der Waals surface area contributed by atoms with E-state index in [2.05, 4.69) is 6.58 Å². The van der Waals surface area contributed by atoms with Gasteiger partial charge < -0.3 is 5.11 Å². The van der Waals surface area contributed by atoms with E-state index in [1.807, 2.05) is 0 Å². The minimum atomic E-state index is -3.45. The third kappa shape index (κ3) is 2.23. The number of ketones is 1.